The summed E-state index contributed by atoms with van der Waals surface area (Å²) in [5, 5.41) is 15.9. The summed E-state index contributed by atoms with van der Waals surface area (Å²) in [5.41, 5.74) is 0. The topological polar surface area (TPSA) is 40.5 Å². The molecule has 0 aromatic heterocycles. The third kappa shape index (κ3) is 3.08. The molecule has 0 bridgehead atoms. The molecule has 2 N–H and O–H groups in total. The Morgan fingerprint density at radius 2 is 2.17 bits per heavy atom. The zero-order chi connectivity index (χ0) is 4.99. The van der Waals surface area contributed by atoms with Gasteiger partial charge >= 0.3 is 0 Å². The lowest BCUT2D eigenvalue weighted by molar-refractivity contribution is 0.423. The quantitative estimate of drug-likeness (QED) is 0.371. The van der Waals surface area contributed by atoms with Gasteiger partial charge in [-0.15, -0.1) is 0 Å². The molecule has 0 rings (SSSR count). The Bertz CT molecular complexity index is 73.6. The van der Waals surface area contributed by atoms with Crippen molar-refractivity contribution >= 4 is 0 Å². The van der Waals surface area contributed by atoms with Gasteiger partial charge in [0.2, 0.25) is 0 Å². The lowest BCUT2D eigenvalue weighted by Crippen LogP contribution is -1.63. The van der Waals surface area contributed by atoms with Crippen molar-refractivity contribution in [2.75, 3.05) is 0 Å². The first-order valence-corrected chi connectivity index (χ1v) is 1.46. The van der Waals surface area contributed by atoms with Crippen molar-refractivity contribution in [2.24, 2.45) is 0 Å². The van der Waals surface area contributed by atoms with Crippen LogP contribution in [0.1, 0.15) is 0 Å². The van der Waals surface area contributed by atoms with Crippen molar-refractivity contribution < 1.29 is 10.2 Å². The van der Waals surface area contributed by atoms with Gasteiger partial charge in [0.15, 0.2) is 0 Å². The minimum atomic E-state index is -0.141. The smallest absolute Gasteiger partial charge is 0.111 e. The maximum Gasteiger partial charge on any atom is 0.111 e. The second kappa shape index (κ2) is 2.33. The molecule has 2 heteroatoms. The molecule has 2 nitrogen and oxygen atoms in total. The van der Waals surface area contributed by atoms with Crippen LogP contribution in [0.5, 0.6) is 0 Å². The second-order valence-electron chi connectivity index (χ2n) is 0.807. The molecule has 0 aliphatic carbocycles. The van der Waals surface area contributed by atoms with E-state index >= 15 is 0 Å². The number of hydrogen-bond donors (Lipinski definition) is 2. The first kappa shape index (κ1) is 5.08. The molecule has 0 amide bonds. The van der Waals surface area contributed by atoms with Gasteiger partial charge in [0.05, 0.1) is 6.26 Å². The van der Waals surface area contributed by atoms with Gasteiger partial charge in [-0.05, 0) is 0 Å². The van der Waals surface area contributed by atoms with E-state index in [9.17, 15) is 0 Å². The molecular weight excluding hydrogens is 80.0 g/mol. The zero-order valence-corrected chi connectivity index (χ0v) is 3.26. The fraction of sp³-hybridized carbons (Fsp3) is 0. The van der Waals surface area contributed by atoms with Crippen molar-refractivity contribution in [3.8, 4) is 0 Å². The van der Waals surface area contributed by atoms with Crippen LogP contribution in [0.4, 0.5) is 0 Å². The van der Waals surface area contributed by atoms with Crippen molar-refractivity contribution in [1.82, 2.24) is 0 Å². The Kier molecular flexibility index (Phi) is 1.97. The predicted octanol–water partition coefficient (Wildman–Crippen LogP) is 1.13. The van der Waals surface area contributed by atoms with Crippen LogP contribution in [0.2, 0.25) is 0 Å². The highest BCUT2D eigenvalue weighted by Crippen LogP contribution is 1.79. The second-order valence-corrected chi connectivity index (χ2v) is 0.807. The molecule has 0 fully saturated rings. The summed E-state index contributed by atoms with van der Waals surface area (Å²) < 4.78 is 0. The Morgan fingerprint density at radius 1 is 1.67 bits per heavy atom. The van der Waals surface area contributed by atoms with Gasteiger partial charge in [0, 0.05) is 6.08 Å². The third-order valence-corrected chi connectivity index (χ3v) is 0.267. The van der Waals surface area contributed by atoms with Crippen LogP contribution in [0.3, 0.4) is 0 Å². The van der Waals surface area contributed by atoms with E-state index in [-0.39, 0.29) is 5.76 Å². The van der Waals surface area contributed by atoms with Crippen molar-refractivity contribution in [3.63, 3.8) is 0 Å². The van der Waals surface area contributed by atoms with E-state index in [4.69, 9.17) is 10.2 Å². The van der Waals surface area contributed by atoms with Crippen LogP contribution >= 0.6 is 0 Å². The molecule has 0 spiro atoms. The number of allylic oxidation sites excluding steroid dienone is 1. The highest BCUT2D eigenvalue weighted by atomic mass is 16.3. The molecule has 0 saturated heterocycles. The third-order valence-electron chi connectivity index (χ3n) is 0.267. The summed E-state index contributed by atoms with van der Waals surface area (Å²) in [6.07, 6.45) is 1.81. The molecule has 0 aromatic carbocycles. The average molecular weight is 86.1 g/mol. The van der Waals surface area contributed by atoms with E-state index in [0.717, 1.165) is 12.3 Å². The first-order chi connectivity index (χ1) is 2.77. The van der Waals surface area contributed by atoms with E-state index in [1.807, 2.05) is 0 Å². The summed E-state index contributed by atoms with van der Waals surface area (Å²) in [6, 6.07) is 0. The average Bonchev–Trinajstić information content (AvgIpc) is 1.35. The van der Waals surface area contributed by atoms with E-state index in [2.05, 4.69) is 6.58 Å². The number of aliphatic hydroxyl groups excluding tert-OH is 2. The van der Waals surface area contributed by atoms with Crippen molar-refractivity contribution in [1.29, 1.82) is 0 Å². The Labute approximate surface area is 36.0 Å². The van der Waals surface area contributed by atoms with Crippen LogP contribution in [0, 0.1) is 0 Å². The van der Waals surface area contributed by atoms with Gasteiger partial charge in [0.25, 0.3) is 0 Å². The summed E-state index contributed by atoms with van der Waals surface area (Å²) in [7, 11) is 0. The van der Waals surface area contributed by atoms with Crippen LogP contribution in [-0.2, 0) is 0 Å². The van der Waals surface area contributed by atoms with Gasteiger partial charge < -0.3 is 10.2 Å². The largest absolute Gasteiger partial charge is 0.515 e. The van der Waals surface area contributed by atoms with Gasteiger partial charge in [0.1, 0.15) is 5.76 Å². The lowest BCUT2D eigenvalue weighted by atomic mass is 10.6. The standard InChI is InChI=1S/C4H6O2/c1-4(6)2-3-5/h2-3,5-6H,1H2/b3-2+. The molecule has 0 radical (unpaired) electrons. The normalized spacial score (nSPS) is 9.33. The molecule has 0 saturated carbocycles. The van der Waals surface area contributed by atoms with E-state index in [0.29, 0.717) is 0 Å². The maximum absolute atomic E-state index is 8.11. The Hall–Kier alpha value is -0.920. The minimum Gasteiger partial charge on any atom is -0.515 e. The molecular formula is C4H6O2. The van der Waals surface area contributed by atoms with Crippen LogP contribution in [0.25, 0.3) is 0 Å². The van der Waals surface area contributed by atoms with Gasteiger partial charge in [-0.2, -0.15) is 0 Å². The minimum absolute atomic E-state index is 0.141. The van der Waals surface area contributed by atoms with E-state index in [1.54, 1.807) is 0 Å². The predicted molar refractivity (Wildman–Crippen MR) is 23.5 cm³/mol. The monoisotopic (exact) mass is 86.0 g/mol. The van der Waals surface area contributed by atoms with Crippen molar-refractivity contribution in [2.45, 2.75) is 0 Å². The maximum atomic E-state index is 8.11. The molecule has 0 atom stereocenters. The van der Waals surface area contributed by atoms with Gasteiger partial charge in [-0.25, -0.2) is 0 Å². The number of rotatable bonds is 1. The molecule has 0 aliphatic heterocycles. The van der Waals surface area contributed by atoms with E-state index < -0.39 is 0 Å². The van der Waals surface area contributed by atoms with Crippen LogP contribution in [0.15, 0.2) is 24.7 Å². The number of hydrogen-bond acceptors (Lipinski definition) is 2. The SMILES string of the molecule is C=C(O)/C=C/O. The summed E-state index contributed by atoms with van der Waals surface area (Å²) >= 11 is 0. The molecule has 0 heterocycles. The summed E-state index contributed by atoms with van der Waals surface area (Å²) in [4.78, 5) is 0. The lowest BCUT2D eigenvalue weighted by Gasteiger charge is -1.76. The van der Waals surface area contributed by atoms with Crippen molar-refractivity contribution in [3.05, 3.63) is 24.7 Å². The fourth-order valence-electron chi connectivity index (χ4n) is 0.0860. The Morgan fingerprint density at radius 3 is 2.17 bits per heavy atom. The number of aliphatic hydroxyl groups is 2. The fourth-order valence-corrected chi connectivity index (χ4v) is 0.0860. The molecule has 34 valence electrons. The van der Waals surface area contributed by atoms with Gasteiger partial charge in [-0.1, -0.05) is 6.58 Å². The highest BCUT2D eigenvalue weighted by Gasteiger charge is 1.68. The summed E-state index contributed by atoms with van der Waals surface area (Å²) in [6.45, 7) is 3.05. The van der Waals surface area contributed by atoms with E-state index in [1.165, 1.54) is 0 Å². The van der Waals surface area contributed by atoms with Crippen LogP contribution in [-0.4, -0.2) is 10.2 Å². The zero-order valence-electron chi connectivity index (χ0n) is 3.26. The molecule has 0 unspecified atom stereocenters. The van der Waals surface area contributed by atoms with Crippen LogP contribution < -0.4 is 0 Å². The molecule has 0 aliphatic rings. The summed E-state index contributed by atoms with van der Waals surface area (Å²) in [5.74, 6) is -0.141. The molecule has 6 heavy (non-hydrogen) atoms. The van der Waals surface area contributed by atoms with Gasteiger partial charge in [-0.3, -0.25) is 0 Å². The highest BCUT2D eigenvalue weighted by molar-refractivity contribution is 5.01. The molecule has 0 aromatic rings. The first-order valence-electron chi connectivity index (χ1n) is 1.46. The Balaban J connectivity index is 3.30.